The molecule has 2 bridgehead atoms. The van der Waals surface area contributed by atoms with Crippen molar-refractivity contribution in [3.8, 4) is 5.75 Å². The smallest absolute Gasteiger partial charge is 0.387 e. The molecule has 0 saturated carbocycles. The molecule has 2 N–H and O–H groups in total. The lowest BCUT2D eigenvalue weighted by Crippen LogP contribution is -2.44. The van der Waals surface area contributed by atoms with E-state index >= 15 is 0 Å². The number of benzene rings is 1. The molecule has 0 radical (unpaired) electrons. The minimum Gasteiger partial charge on any atom is -0.433 e. The van der Waals surface area contributed by atoms with E-state index < -0.39 is 23.2 Å². The first-order valence-electron chi connectivity index (χ1n) is 9.17. The van der Waals surface area contributed by atoms with Gasteiger partial charge in [-0.15, -0.1) is 0 Å². The van der Waals surface area contributed by atoms with E-state index in [-0.39, 0.29) is 17.5 Å². The van der Waals surface area contributed by atoms with Gasteiger partial charge in [-0.1, -0.05) is 11.6 Å². The second kappa shape index (κ2) is 7.40. The number of rotatable bonds is 5. The summed E-state index contributed by atoms with van der Waals surface area (Å²) < 4.78 is 43.8. The number of nitrogens with one attached hydrogen (secondary N) is 2. The predicted molar refractivity (Wildman–Crippen MR) is 104 cm³/mol. The molecule has 30 heavy (non-hydrogen) atoms. The number of halogens is 4. The summed E-state index contributed by atoms with van der Waals surface area (Å²) in [5.74, 6) is -0.656. The zero-order valence-electron chi connectivity index (χ0n) is 15.3. The average molecular weight is 438 g/mol. The Bertz CT molecular complexity index is 1120. The van der Waals surface area contributed by atoms with E-state index in [4.69, 9.17) is 11.6 Å². The monoisotopic (exact) mass is 437 g/mol. The van der Waals surface area contributed by atoms with Crippen LogP contribution in [0.1, 0.15) is 6.42 Å². The highest BCUT2D eigenvalue weighted by molar-refractivity contribution is 6.32. The Morgan fingerprint density at radius 1 is 1.30 bits per heavy atom. The molecule has 0 unspecified atom stereocenters. The Morgan fingerprint density at radius 2 is 2.17 bits per heavy atom. The maximum atomic E-state index is 14.7. The molecule has 2 fully saturated rings. The van der Waals surface area contributed by atoms with Crippen LogP contribution >= 0.6 is 11.6 Å². The number of hydrogen-bond acceptors (Lipinski definition) is 8. The first-order chi connectivity index (χ1) is 14.5. The Kier molecular flexibility index (Phi) is 4.70. The van der Waals surface area contributed by atoms with Crippen LogP contribution in [-0.4, -0.2) is 51.7 Å². The third kappa shape index (κ3) is 3.33. The number of nitrogens with zero attached hydrogens (tertiary/aromatic N) is 5. The van der Waals surface area contributed by atoms with Crippen molar-refractivity contribution in [2.45, 2.75) is 25.1 Å². The fourth-order valence-electron chi connectivity index (χ4n) is 3.84. The van der Waals surface area contributed by atoms with Gasteiger partial charge in [-0.2, -0.15) is 13.8 Å². The fourth-order valence-corrected chi connectivity index (χ4v) is 4.05. The van der Waals surface area contributed by atoms with E-state index in [1.807, 2.05) is 0 Å². The molecule has 3 aromatic rings. The quantitative estimate of drug-likeness (QED) is 0.629. The van der Waals surface area contributed by atoms with Gasteiger partial charge in [0, 0.05) is 25.2 Å². The normalized spacial score (nSPS) is 20.4. The maximum absolute atomic E-state index is 14.7. The van der Waals surface area contributed by atoms with Crippen LogP contribution in [0.4, 0.5) is 30.6 Å². The Labute approximate surface area is 173 Å². The van der Waals surface area contributed by atoms with Gasteiger partial charge < -0.3 is 20.3 Å². The summed E-state index contributed by atoms with van der Waals surface area (Å²) in [6, 6.07) is 3.07. The number of aromatic nitrogens is 4. The van der Waals surface area contributed by atoms with Crippen LogP contribution in [-0.2, 0) is 0 Å². The molecule has 2 aliphatic heterocycles. The zero-order valence-corrected chi connectivity index (χ0v) is 16.1. The molecule has 2 aliphatic rings. The average Bonchev–Trinajstić information content (AvgIpc) is 3.37. The van der Waals surface area contributed by atoms with Gasteiger partial charge in [0.2, 0.25) is 5.95 Å². The van der Waals surface area contributed by atoms with Gasteiger partial charge in [0.25, 0.3) is 0 Å². The molecule has 12 heteroatoms. The number of anilines is 3. The van der Waals surface area contributed by atoms with Gasteiger partial charge in [-0.05, 0) is 18.6 Å². The van der Waals surface area contributed by atoms with Gasteiger partial charge in [-0.25, -0.2) is 19.3 Å². The zero-order chi connectivity index (χ0) is 20.8. The summed E-state index contributed by atoms with van der Waals surface area (Å²) in [5.41, 5.74) is 0.820. The van der Waals surface area contributed by atoms with Crippen LogP contribution in [0, 0.1) is 5.82 Å². The van der Waals surface area contributed by atoms with Crippen LogP contribution in [0.2, 0.25) is 5.02 Å². The van der Waals surface area contributed by atoms with Crippen molar-refractivity contribution in [3.63, 3.8) is 0 Å². The van der Waals surface area contributed by atoms with Gasteiger partial charge in [0.15, 0.2) is 11.6 Å². The molecule has 2 saturated heterocycles. The Morgan fingerprint density at radius 3 is 2.90 bits per heavy atom. The SMILES string of the molecule is Fc1c(Nc2nc(N3C[C@@H]4C[C@H]3CN4)nc3cncnc23)ccc(OC(F)F)c1Cl. The van der Waals surface area contributed by atoms with Crippen molar-refractivity contribution in [1.29, 1.82) is 0 Å². The van der Waals surface area contributed by atoms with E-state index in [1.54, 1.807) is 6.20 Å². The standard InChI is InChI=1S/C18H15ClF3N7O/c19-13-12(30-17(21)22)2-1-10(14(13)20)26-16-15-11(5-23-7-25-15)27-18(28-16)29-6-8-3-9(29)4-24-8/h1-2,5,7-9,17,24H,3-4,6H2,(H,26,27,28)/t8-,9-/m0/s1. The highest BCUT2D eigenvalue weighted by Gasteiger charge is 2.39. The lowest BCUT2D eigenvalue weighted by molar-refractivity contribution is -0.0499. The number of hydrogen-bond donors (Lipinski definition) is 2. The highest BCUT2D eigenvalue weighted by atomic mass is 35.5. The minimum absolute atomic E-state index is 0.0595. The largest absolute Gasteiger partial charge is 0.433 e. The summed E-state index contributed by atoms with van der Waals surface area (Å²) in [4.78, 5) is 19.4. The number of ether oxygens (including phenoxy) is 1. The molecule has 2 atom stereocenters. The first kappa shape index (κ1) is 19.1. The molecule has 4 heterocycles. The van der Waals surface area contributed by atoms with Crippen LogP contribution in [0.15, 0.2) is 24.7 Å². The summed E-state index contributed by atoms with van der Waals surface area (Å²) in [5, 5.41) is 5.71. The molecular formula is C18H15ClF3N7O. The third-order valence-electron chi connectivity index (χ3n) is 5.18. The van der Waals surface area contributed by atoms with Crippen LogP contribution in [0.25, 0.3) is 11.0 Å². The summed E-state index contributed by atoms with van der Waals surface area (Å²) >= 11 is 5.86. The molecule has 0 spiro atoms. The van der Waals surface area contributed by atoms with Gasteiger partial charge in [0.1, 0.15) is 28.1 Å². The van der Waals surface area contributed by atoms with Crippen LogP contribution in [0.3, 0.4) is 0 Å². The summed E-state index contributed by atoms with van der Waals surface area (Å²) in [6.07, 6.45) is 3.89. The van der Waals surface area contributed by atoms with Crippen molar-refractivity contribution in [2.24, 2.45) is 0 Å². The molecule has 2 aromatic heterocycles. The first-order valence-corrected chi connectivity index (χ1v) is 9.55. The second-order valence-electron chi connectivity index (χ2n) is 7.02. The van der Waals surface area contributed by atoms with Crippen LogP contribution < -0.4 is 20.3 Å². The molecule has 156 valence electrons. The summed E-state index contributed by atoms with van der Waals surface area (Å²) in [6.45, 7) is -1.50. The highest BCUT2D eigenvalue weighted by Crippen LogP contribution is 2.36. The number of alkyl halides is 2. The molecule has 0 aliphatic carbocycles. The Balaban J connectivity index is 1.53. The van der Waals surface area contributed by atoms with Crippen molar-refractivity contribution >= 4 is 40.1 Å². The van der Waals surface area contributed by atoms with Crippen molar-refractivity contribution < 1.29 is 17.9 Å². The Hall–Kier alpha value is -2.92. The number of fused-ring (bicyclic) bond motifs is 3. The van der Waals surface area contributed by atoms with E-state index in [1.165, 1.54) is 12.4 Å². The lowest BCUT2D eigenvalue weighted by Gasteiger charge is -2.27. The number of piperazine rings is 1. The van der Waals surface area contributed by atoms with Crippen molar-refractivity contribution in [2.75, 3.05) is 23.3 Å². The summed E-state index contributed by atoms with van der Waals surface area (Å²) in [7, 11) is 0. The van der Waals surface area contributed by atoms with Crippen molar-refractivity contribution in [3.05, 3.63) is 35.5 Å². The molecule has 5 rings (SSSR count). The van der Waals surface area contributed by atoms with E-state index in [2.05, 4.69) is 40.2 Å². The molecule has 1 aromatic carbocycles. The van der Waals surface area contributed by atoms with E-state index in [9.17, 15) is 13.2 Å². The van der Waals surface area contributed by atoms with Gasteiger partial charge >= 0.3 is 6.61 Å². The van der Waals surface area contributed by atoms with Crippen molar-refractivity contribution in [1.82, 2.24) is 25.3 Å². The fraction of sp³-hybridized carbons (Fsp3) is 0.333. The van der Waals surface area contributed by atoms with Gasteiger partial charge in [-0.3, -0.25) is 0 Å². The second-order valence-corrected chi connectivity index (χ2v) is 7.40. The lowest BCUT2D eigenvalue weighted by atomic mass is 10.2. The molecule has 0 amide bonds. The van der Waals surface area contributed by atoms with Gasteiger partial charge in [0.05, 0.1) is 11.9 Å². The van der Waals surface area contributed by atoms with E-state index in [0.717, 1.165) is 25.6 Å². The topological polar surface area (TPSA) is 88.1 Å². The maximum Gasteiger partial charge on any atom is 0.387 e. The minimum atomic E-state index is -3.11. The molecular weight excluding hydrogens is 423 g/mol. The van der Waals surface area contributed by atoms with Crippen LogP contribution in [0.5, 0.6) is 5.75 Å². The molecule has 8 nitrogen and oxygen atoms in total. The van der Waals surface area contributed by atoms with E-state index in [0.29, 0.717) is 23.0 Å². The predicted octanol–water partition coefficient (Wildman–Crippen LogP) is 3.11. The third-order valence-corrected chi connectivity index (χ3v) is 5.53.